The smallest absolute Gasteiger partial charge is 0.410 e. The van der Waals surface area contributed by atoms with Gasteiger partial charge in [-0.05, 0) is 39.2 Å². The maximum absolute atomic E-state index is 12.6. The van der Waals surface area contributed by atoms with Crippen LogP contribution < -0.4 is 0 Å². The average molecular weight is 457 g/mol. The van der Waals surface area contributed by atoms with Crippen LogP contribution in [0.3, 0.4) is 0 Å². The second-order valence-electron chi connectivity index (χ2n) is 8.48. The Morgan fingerprint density at radius 3 is 2.39 bits per heavy atom. The Hall–Kier alpha value is -2.33. The van der Waals surface area contributed by atoms with Crippen molar-refractivity contribution in [2.24, 2.45) is 0 Å². The number of carbonyl (C=O) groups is 2. The first-order chi connectivity index (χ1) is 14.4. The van der Waals surface area contributed by atoms with Crippen molar-refractivity contribution >= 4 is 22.3 Å². The van der Waals surface area contributed by atoms with Gasteiger partial charge in [0.25, 0.3) is 10.1 Å². The van der Waals surface area contributed by atoms with Crippen molar-refractivity contribution in [1.29, 1.82) is 0 Å². The first kappa shape index (κ1) is 24.9. The molecule has 1 aliphatic rings. The third-order valence-corrected chi connectivity index (χ3v) is 5.15. The van der Waals surface area contributed by atoms with Crippen LogP contribution in [0.4, 0.5) is 9.59 Å². The highest BCUT2D eigenvalue weighted by Gasteiger charge is 2.35. The summed E-state index contributed by atoms with van der Waals surface area (Å²) in [6, 6.07) is 9.04. The van der Waals surface area contributed by atoms with E-state index in [-0.39, 0.29) is 25.8 Å². The van der Waals surface area contributed by atoms with Crippen LogP contribution in [-0.2, 0) is 30.4 Å². The highest BCUT2D eigenvalue weighted by molar-refractivity contribution is 7.85. The Morgan fingerprint density at radius 2 is 1.77 bits per heavy atom. The van der Waals surface area contributed by atoms with Gasteiger partial charge < -0.3 is 19.3 Å². The molecule has 1 atom stereocenters. The van der Waals surface area contributed by atoms with E-state index in [0.717, 1.165) is 11.8 Å². The van der Waals surface area contributed by atoms with Crippen molar-refractivity contribution in [2.75, 3.05) is 32.5 Å². The molecular formula is C21H32N2O7S. The topological polar surface area (TPSA) is 102 Å². The SMILES string of the molecule is CC(C)(C)OC(=O)N1CCN(C(=O)OCc2ccccc2)C[C@H]1CCCOS(C)(=O)=O. The molecule has 0 saturated carbocycles. The van der Waals surface area contributed by atoms with Crippen molar-refractivity contribution in [3.8, 4) is 0 Å². The Kier molecular flexibility index (Phi) is 8.69. The molecule has 0 spiro atoms. The molecule has 1 heterocycles. The van der Waals surface area contributed by atoms with Crippen LogP contribution in [0.1, 0.15) is 39.2 Å². The molecule has 0 aliphatic carbocycles. The lowest BCUT2D eigenvalue weighted by atomic mass is 10.1. The van der Waals surface area contributed by atoms with Crippen LogP contribution in [0.25, 0.3) is 0 Å². The van der Waals surface area contributed by atoms with E-state index in [9.17, 15) is 18.0 Å². The summed E-state index contributed by atoms with van der Waals surface area (Å²) >= 11 is 0. The first-order valence-corrected chi connectivity index (χ1v) is 12.1. The number of benzene rings is 1. The summed E-state index contributed by atoms with van der Waals surface area (Å²) < 4.78 is 38.0. The van der Waals surface area contributed by atoms with Gasteiger partial charge in [0, 0.05) is 19.6 Å². The number of piperazine rings is 1. The number of ether oxygens (including phenoxy) is 2. The molecule has 10 heteroatoms. The van der Waals surface area contributed by atoms with Crippen molar-refractivity contribution in [2.45, 2.75) is 51.9 Å². The van der Waals surface area contributed by atoms with Crippen molar-refractivity contribution in [3.63, 3.8) is 0 Å². The fourth-order valence-corrected chi connectivity index (χ4v) is 3.59. The van der Waals surface area contributed by atoms with Gasteiger partial charge in [-0.3, -0.25) is 4.18 Å². The zero-order valence-corrected chi connectivity index (χ0v) is 19.4. The van der Waals surface area contributed by atoms with Crippen molar-refractivity contribution < 1.29 is 31.7 Å². The van der Waals surface area contributed by atoms with E-state index in [1.165, 1.54) is 0 Å². The lowest BCUT2D eigenvalue weighted by Crippen LogP contribution is -2.57. The van der Waals surface area contributed by atoms with Gasteiger partial charge in [0.05, 0.1) is 18.9 Å². The molecular weight excluding hydrogens is 424 g/mol. The fraction of sp³-hybridized carbons (Fsp3) is 0.619. The lowest BCUT2D eigenvalue weighted by Gasteiger charge is -2.41. The third kappa shape index (κ3) is 9.14. The number of nitrogens with zero attached hydrogens (tertiary/aromatic N) is 2. The molecule has 9 nitrogen and oxygen atoms in total. The summed E-state index contributed by atoms with van der Waals surface area (Å²) in [5, 5.41) is 0. The highest BCUT2D eigenvalue weighted by Crippen LogP contribution is 2.20. The summed E-state index contributed by atoms with van der Waals surface area (Å²) in [5.74, 6) is 0. The van der Waals surface area contributed by atoms with Gasteiger partial charge in [-0.15, -0.1) is 0 Å². The number of hydrogen-bond acceptors (Lipinski definition) is 7. The van der Waals surface area contributed by atoms with Gasteiger partial charge in [0.1, 0.15) is 12.2 Å². The van der Waals surface area contributed by atoms with Crippen molar-refractivity contribution in [3.05, 3.63) is 35.9 Å². The second kappa shape index (κ2) is 10.8. The molecule has 1 aliphatic heterocycles. The Balaban J connectivity index is 1.98. The maximum atomic E-state index is 12.6. The summed E-state index contributed by atoms with van der Waals surface area (Å²) in [7, 11) is -3.53. The van der Waals surface area contributed by atoms with Gasteiger partial charge in [-0.25, -0.2) is 9.59 Å². The van der Waals surface area contributed by atoms with E-state index in [2.05, 4.69) is 0 Å². The Morgan fingerprint density at radius 1 is 1.10 bits per heavy atom. The fourth-order valence-electron chi connectivity index (χ4n) is 3.17. The summed E-state index contributed by atoms with van der Waals surface area (Å²) in [4.78, 5) is 28.3. The Labute approximate surface area is 184 Å². The van der Waals surface area contributed by atoms with Gasteiger partial charge in [-0.2, -0.15) is 8.42 Å². The third-order valence-electron chi connectivity index (χ3n) is 4.55. The van der Waals surface area contributed by atoms with Crippen LogP contribution in [0.5, 0.6) is 0 Å². The summed E-state index contributed by atoms with van der Waals surface area (Å²) in [5.41, 5.74) is 0.241. The van der Waals surface area contributed by atoms with Gasteiger partial charge in [0.2, 0.25) is 0 Å². The molecule has 1 aromatic rings. The zero-order valence-electron chi connectivity index (χ0n) is 18.6. The van der Waals surface area contributed by atoms with E-state index in [0.29, 0.717) is 25.9 Å². The lowest BCUT2D eigenvalue weighted by molar-refractivity contribution is -0.00513. The van der Waals surface area contributed by atoms with E-state index < -0.39 is 27.9 Å². The number of carbonyl (C=O) groups excluding carboxylic acids is 2. The largest absolute Gasteiger partial charge is 0.445 e. The second-order valence-corrected chi connectivity index (χ2v) is 10.1. The molecule has 0 bridgehead atoms. The normalized spacial score (nSPS) is 17.4. The molecule has 2 amide bonds. The van der Waals surface area contributed by atoms with Crippen molar-refractivity contribution in [1.82, 2.24) is 9.80 Å². The highest BCUT2D eigenvalue weighted by atomic mass is 32.2. The van der Waals surface area contributed by atoms with Gasteiger partial charge in [0.15, 0.2) is 0 Å². The van der Waals surface area contributed by atoms with Gasteiger partial charge in [-0.1, -0.05) is 30.3 Å². The first-order valence-electron chi connectivity index (χ1n) is 10.2. The molecule has 0 N–H and O–H groups in total. The van der Waals surface area contributed by atoms with Crippen LogP contribution in [0.2, 0.25) is 0 Å². The monoisotopic (exact) mass is 456 g/mol. The molecule has 174 valence electrons. The molecule has 0 unspecified atom stereocenters. The summed E-state index contributed by atoms with van der Waals surface area (Å²) in [6.07, 6.45) is 0.940. The molecule has 1 saturated heterocycles. The minimum absolute atomic E-state index is 0.00987. The predicted molar refractivity (Wildman–Crippen MR) is 115 cm³/mol. The average Bonchev–Trinajstić information content (AvgIpc) is 2.68. The predicted octanol–water partition coefficient (Wildman–Crippen LogP) is 3.00. The number of hydrogen-bond donors (Lipinski definition) is 0. The number of rotatable bonds is 7. The van der Waals surface area contributed by atoms with E-state index in [1.54, 1.807) is 30.6 Å². The summed E-state index contributed by atoms with van der Waals surface area (Å²) in [6.45, 7) is 6.43. The molecule has 2 rings (SSSR count). The van der Waals surface area contributed by atoms with Gasteiger partial charge >= 0.3 is 12.2 Å². The molecule has 1 fully saturated rings. The van der Waals surface area contributed by atoms with Crippen LogP contribution in [0.15, 0.2) is 30.3 Å². The van der Waals surface area contributed by atoms with Crippen LogP contribution in [0, 0.1) is 0 Å². The number of amides is 2. The quantitative estimate of drug-likeness (QED) is 0.459. The van der Waals surface area contributed by atoms with E-state index in [4.69, 9.17) is 13.7 Å². The Bertz CT molecular complexity index is 837. The van der Waals surface area contributed by atoms with E-state index in [1.807, 2.05) is 30.3 Å². The molecule has 0 aromatic heterocycles. The zero-order chi connectivity index (χ0) is 23.1. The molecule has 31 heavy (non-hydrogen) atoms. The molecule has 1 aromatic carbocycles. The van der Waals surface area contributed by atoms with E-state index >= 15 is 0 Å². The maximum Gasteiger partial charge on any atom is 0.410 e. The van der Waals surface area contributed by atoms with Crippen LogP contribution in [-0.4, -0.2) is 74.5 Å². The minimum Gasteiger partial charge on any atom is -0.445 e. The standard InChI is InChI=1S/C21H32N2O7S/c1-21(2,3)30-20(25)23-13-12-22(15-18(23)11-8-14-29-31(4,26)27)19(24)28-16-17-9-6-5-7-10-17/h5-7,9-10,18H,8,11-16H2,1-4H3/t18-/m1/s1. The minimum atomic E-state index is -3.53. The molecule has 0 radical (unpaired) electrons. The van der Waals surface area contributed by atoms with Crippen LogP contribution >= 0.6 is 0 Å².